The van der Waals surface area contributed by atoms with Gasteiger partial charge in [0.25, 0.3) is 0 Å². The van der Waals surface area contributed by atoms with Crippen molar-refractivity contribution >= 4 is 41.0 Å². The zero-order valence-electron chi connectivity index (χ0n) is 9.93. The first kappa shape index (κ1) is 14.5. The van der Waals surface area contributed by atoms with Gasteiger partial charge >= 0.3 is 20.4 Å². The van der Waals surface area contributed by atoms with Crippen molar-refractivity contribution in [1.29, 1.82) is 0 Å². The summed E-state index contributed by atoms with van der Waals surface area (Å²) in [5.74, 6) is 1.81. The summed E-state index contributed by atoms with van der Waals surface area (Å²) in [4.78, 5) is 0. The Morgan fingerprint density at radius 1 is 0.882 bits per heavy atom. The maximum Gasteiger partial charge on any atom is 0.408 e. The lowest BCUT2D eigenvalue weighted by atomic mass is 10.3. The van der Waals surface area contributed by atoms with Crippen molar-refractivity contribution in [1.82, 2.24) is 0 Å². The van der Waals surface area contributed by atoms with Crippen molar-refractivity contribution in [2.45, 2.75) is 11.5 Å². The second-order valence-electron chi connectivity index (χ2n) is 3.81. The van der Waals surface area contributed by atoms with Gasteiger partial charge < -0.3 is 4.74 Å². The Kier molecular flexibility index (Phi) is 6.63. The minimum atomic E-state index is -0.0430. The lowest BCUT2D eigenvalue weighted by molar-refractivity contribution is 0.483. The first-order valence-electron chi connectivity index (χ1n) is 5.70. The molecule has 0 saturated heterocycles. The molecular weight excluding hydrogens is 288 g/mol. The summed E-state index contributed by atoms with van der Waals surface area (Å²) in [5, 5.41) is 0. The molecule has 0 bridgehead atoms. The van der Waals surface area contributed by atoms with Gasteiger partial charge in [0.1, 0.15) is 11.5 Å². The van der Waals surface area contributed by atoms with Gasteiger partial charge in [-0.3, -0.25) is 0 Å². The molecule has 0 amide bonds. The molecule has 0 fully saturated rings. The highest BCUT2D eigenvalue weighted by atomic mass is 79.9. The fraction of sp³-hybridized carbons (Fsp3) is 0.143. The maximum absolute atomic E-state index is 5.73. The smallest absolute Gasteiger partial charge is 0.408 e. The van der Waals surface area contributed by atoms with E-state index in [1.54, 1.807) is 0 Å². The molecule has 0 aliphatic heterocycles. The van der Waals surface area contributed by atoms with E-state index in [1.165, 1.54) is 8.24 Å². The molecule has 0 aliphatic rings. The van der Waals surface area contributed by atoms with Crippen LogP contribution in [0.2, 0.25) is 4.55 Å². The minimum Gasteiger partial charge on any atom is -0.457 e. The lowest BCUT2D eigenvalue weighted by Crippen LogP contribution is -2.11. The fourth-order valence-corrected chi connectivity index (χ4v) is 2.78. The number of halogens is 1. The summed E-state index contributed by atoms with van der Waals surface area (Å²) in [6, 6.07) is 18.4. The molecule has 2 aromatic rings. The van der Waals surface area contributed by atoms with Crippen molar-refractivity contribution in [2.75, 3.05) is 0 Å². The van der Waals surface area contributed by atoms with E-state index in [2.05, 4.69) is 31.2 Å². The topological polar surface area (TPSA) is 9.23 Å². The highest BCUT2D eigenvalue weighted by molar-refractivity contribution is 8.93. The molecule has 3 heteroatoms. The predicted molar refractivity (Wildman–Crippen MR) is 79.1 cm³/mol. The van der Waals surface area contributed by atoms with Crippen LogP contribution >= 0.6 is 17.0 Å². The molecule has 0 radical (unpaired) electrons. The Bertz CT molecular complexity index is 428. The number of para-hydroxylation sites is 1. The van der Waals surface area contributed by atoms with Crippen LogP contribution in [0.3, 0.4) is 0 Å². The van der Waals surface area contributed by atoms with E-state index in [0.717, 1.165) is 11.5 Å². The lowest BCUT2D eigenvalue weighted by Gasteiger charge is -2.06. The van der Waals surface area contributed by atoms with Gasteiger partial charge in [-0.15, -0.1) is 21.5 Å². The van der Waals surface area contributed by atoms with E-state index in [9.17, 15) is 0 Å². The van der Waals surface area contributed by atoms with Crippen LogP contribution in [-0.2, 0) is 0 Å². The van der Waals surface area contributed by atoms with Gasteiger partial charge in [0.05, 0.1) is 0 Å². The molecule has 0 N–H and O–H groups in total. The average molecular weight is 303 g/mol. The van der Waals surface area contributed by atoms with Gasteiger partial charge in [0.15, 0.2) is 0 Å². The van der Waals surface area contributed by atoms with Gasteiger partial charge in [-0.05, 0) is 24.3 Å². The van der Waals surface area contributed by atoms with Crippen molar-refractivity contribution in [3.8, 4) is 11.5 Å². The van der Waals surface area contributed by atoms with Gasteiger partial charge in [0, 0.05) is 0 Å². The molecular formula is C14H15BrMgO. The summed E-state index contributed by atoms with van der Waals surface area (Å²) < 4.78 is 8.55. The Balaban J connectivity index is 0.00000144. The Morgan fingerprint density at radius 3 is 2.06 bits per heavy atom. The van der Waals surface area contributed by atoms with E-state index in [0.29, 0.717) is 0 Å². The third-order valence-corrected chi connectivity index (χ3v) is 3.99. The molecule has 2 rings (SSSR count). The molecule has 1 nitrogen and oxygen atoms in total. The number of hydrogen-bond acceptors (Lipinski definition) is 1. The highest BCUT2D eigenvalue weighted by Gasteiger charge is 1.98. The van der Waals surface area contributed by atoms with Crippen molar-refractivity contribution in [3.05, 3.63) is 54.6 Å². The molecule has 0 heterocycles. The SMILES string of the molecule is Br.C[CH2][Mg][c]1ccc(Oc2ccccc2)cc1. The first-order valence-corrected chi connectivity index (χ1v) is 7.41. The van der Waals surface area contributed by atoms with E-state index in [4.69, 9.17) is 4.74 Å². The molecule has 0 atom stereocenters. The number of benzene rings is 2. The van der Waals surface area contributed by atoms with E-state index in [1.807, 2.05) is 30.3 Å². The molecule has 0 spiro atoms. The van der Waals surface area contributed by atoms with Gasteiger partial charge in [-0.25, -0.2) is 0 Å². The quantitative estimate of drug-likeness (QED) is 0.780. The Hall–Kier alpha value is -0.514. The largest absolute Gasteiger partial charge is 0.457 e. The maximum atomic E-state index is 5.73. The molecule has 0 aromatic heterocycles. The molecule has 0 unspecified atom stereocenters. The standard InChI is InChI=1S/C12H9O.C2H5.BrH.Mg/c1-3-7-11(8-4-1)13-12-9-5-2-6-10-12;1-2;;/h1,3-10H;1H2,2H3;1H;. The summed E-state index contributed by atoms with van der Waals surface area (Å²) in [5.41, 5.74) is 0. The zero-order valence-corrected chi connectivity index (χ0v) is 13.1. The predicted octanol–water partition coefficient (Wildman–Crippen LogP) is 3.82. The van der Waals surface area contributed by atoms with Crippen LogP contribution in [-0.4, -0.2) is 20.4 Å². The van der Waals surface area contributed by atoms with Crippen LogP contribution < -0.4 is 8.43 Å². The molecule has 0 aliphatic carbocycles. The van der Waals surface area contributed by atoms with Crippen molar-refractivity contribution < 1.29 is 4.74 Å². The normalized spacial score (nSPS) is 9.00. The summed E-state index contributed by atoms with van der Waals surface area (Å²) in [6.45, 7) is 2.25. The van der Waals surface area contributed by atoms with E-state index >= 15 is 0 Å². The summed E-state index contributed by atoms with van der Waals surface area (Å²) in [6.07, 6.45) is 0. The monoisotopic (exact) mass is 302 g/mol. The first-order chi connectivity index (χ1) is 7.88. The second-order valence-corrected chi connectivity index (χ2v) is 6.13. The van der Waals surface area contributed by atoms with Gasteiger partial charge in [0.2, 0.25) is 0 Å². The van der Waals surface area contributed by atoms with Crippen LogP contribution in [0.1, 0.15) is 6.92 Å². The molecule has 86 valence electrons. The third kappa shape index (κ3) is 4.70. The number of ether oxygens (including phenoxy) is 1. The van der Waals surface area contributed by atoms with Crippen LogP contribution in [0.15, 0.2) is 54.6 Å². The van der Waals surface area contributed by atoms with Gasteiger partial charge in [-0.2, -0.15) is 3.69 Å². The zero-order chi connectivity index (χ0) is 11.2. The van der Waals surface area contributed by atoms with Crippen molar-refractivity contribution in [2.24, 2.45) is 0 Å². The van der Waals surface area contributed by atoms with Gasteiger partial charge in [-0.1, -0.05) is 37.3 Å². The van der Waals surface area contributed by atoms with Crippen molar-refractivity contribution in [3.63, 3.8) is 0 Å². The Labute approximate surface area is 123 Å². The second kappa shape index (κ2) is 7.74. The van der Waals surface area contributed by atoms with Crippen LogP contribution in [0.4, 0.5) is 0 Å². The van der Waals surface area contributed by atoms with E-state index in [-0.39, 0.29) is 37.3 Å². The summed E-state index contributed by atoms with van der Waals surface area (Å²) >= 11 is -0.0430. The Morgan fingerprint density at radius 2 is 1.47 bits per heavy atom. The molecule has 2 aromatic carbocycles. The average Bonchev–Trinajstić information content (AvgIpc) is 2.33. The number of hydrogen-bond donors (Lipinski definition) is 0. The van der Waals surface area contributed by atoms with E-state index < -0.39 is 0 Å². The highest BCUT2D eigenvalue weighted by Crippen LogP contribution is 2.19. The molecule has 0 saturated carbocycles. The van der Waals surface area contributed by atoms with Crippen LogP contribution in [0.5, 0.6) is 11.5 Å². The third-order valence-electron chi connectivity index (χ3n) is 2.44. The minimum absolute atomic E-state index is 0. The summed E-state index contributed by atoms with van der Waals surface area (Å²) in [7, 11) is 0. The molecule has 17 heavy (non-hydrogen) atoms. The van der Waals surface area contributed by atoms with Crippen LogP contribution in [0.25, 0.3) is 0 Å². The van der Waals surface area contributed by atoms with Crippen LogP contribution in [0, 0.1) is 0 Å². The fourth-order valence-electron chi connectivity index (χ4n) is 1.64. The number of rotatable bonds is 4.